The van der Waals surface area contributed by atoms with Gasteiger partial charge in [-0.15, -0.1) is 0 Å². The Morgan fingerprint density at radius 2 is 1.60 bits per heavy atom. The summed E-state index contributed by atoms with van der Waals surface area (Å²) in [6, 6.07) is 13.5. The molecule has 0 spiro atoms. The minimum Gasteiger partial charge on any atom is -0.497 e. The van der Waals surface area contributed by atoms with Crippen LogP contribution in [-0.4, -0.2) is 56.2 Å². The number of benzene rings is 2. The van der Waals surface area contributed by atoms with Crippen LogP contribution in [0.3, 0.4) is 0 Å². The average Bonchev–Trinajstić information content (AvgIpc) is 2.80. The molecule has 1 aliphatic rings. The van der Waals surface area contributed by atoms with Crippen LogP contribution in [-0.2, 0) is 36.8 Å². The third-order valence-electron chi connectivity index (χ3n) is 4.81. The highest BCUT2D eigenvalue weighted by Crippen LogP contribution is 2.24. The largest absolute Gasteiger partial charge is 0.497 e. The van der Waals surface area contributed by atoms with Gasteiger partial charge < -0.3 is 23.8 Å². The van der Waals surface area contributed by atoms with Crippen molar-refractivity contribution in [1.29, 1.82) is 0 Å². The molecule has 1 atom stereocenters. The van der Waals surface area contributed by atoms with E-state index in [4.69, 9.17) is 18.9 Å². The molecule has 0 fully saturated rings. The predicted molar refractivity (Wildman–Crippen MR) is 106 cm³/mol. The Bertz CT molecular complexity index is 910. The van der Waals surface area contributed by atoms with E-state index in [2.05, 4.69) is 0 Å². The highest BCUT2D eigenvalue weighted by atomic mass is 16.6. The molecule has 0 aromatic heterocycles. The second-order valence-corrected chi connectivity index (χ2v) is 6.66. The number of carbonyl (C=O) groups is 3. The van der Waals surface area contributed by atoms with E-state index in [1.165, 1.54) is 12.0 Å². The topological polar surface area (TPSA) is 91.4 Å². The molecule has 8 heteroatoms. The quantitative estimate of drug-likeness (QED) is 0.639. The van der Waals surface area contributed by atoms with E-state index < -0.39 is 30.5 Å². The summed E-state index contributed by atoms with van der Waals surface area (Å²) in [6.07, 6.45) is 0.350. The van der Waals surface area contributed by atoms with E-state index in [1.807, 2.05) is 24.3 Å². The summed E-state index contributed by atoms with van der Waals surface area (Å²) in [7, 11) is 2.83. The van der Waals surface area contributed by atoms with Crippen molar-refractivity contribution in [3.05, 3.63) is 59.7 Å². The molecular formula is C22H23NO7. The fourth-order valence-electron chi connectivity index (χ4n) is 3.21. The number of hydrogen-bond donors (Lipinski definition) is 0. The van der Waals surface area contributed by atoms with Crippen LogP contribution in [0.4, 0.5) is 0 Å². The fraction of sp³-hybridized carbons (Fsp3) is 0.318. The molecule has 0 bridgehead atoms. The number of amides is 1. The second kappa shape index (κ2) is 9.78. The first-order chi connectivity index (χ1) is 14.5. The van der Waals surface area contributed by atoms with Crippen molar-refractivity contribution in [1.82, 2.24) is 4.90 Å². The van der Waals surface area contributed by atoms with Crippen LogP contribution >= 0.6 is 0 Å². The maximum atomic E-state index is 12.7. The summed E-state index contributed by atoms with van der Waals surface area (Å²) >= 11 is 0. The fourth-order valence-corrected chi connectivity index (χ4v) is 3.21. The summed E-state index contributed by atoms with van der Waals surface area (Å²) in [5.41, 5.74) is 1.93. The van der Waals surface area contributed by atoms with Gasteiger partial charge in [-0.05, 0) is 35.4 Å². The highest BCUT2D eigenvalue weighted by molar-refractivity contribution is 5.87. The first-order valence-corrected chi connectivity index (χ1v) is 9.38. The Morgan fingerprint density at radius 1 is 0.933 bits per heavy atom. The van der Waals surface area contributed by atoms with Gasteiger partial charge in [-0.1, -0.05) is 24.3 Å². The van der Waals surface area contributed by atoms with Crippen LogP contribution < -0.4 is 9.47 Å². The number of carbonyl (C=O) groups excluding carboxylic acids is 3. The number of ether oxygens (including phenoxy) is 4. The van der Waals surface area contributed by atoms with E-state index >= 15 is 0 Å². The molecule has 1 amide bonds. The van der Waals surface area contributed by atoms with Crippen LogP contribution in [0.25, 0.3) is 0 Å². The van der Waals surface area contributed by atoms with Gasteiger partial charge in [-0.25, -0.2) is 9.59 Å². The standard InChI is InChI=1S/C22H23NO7/c1-27-17-7-9-18(10-8-17)29-14-21(25)30-13-20(24)23-12-16-6-4-3-5-15(16)11-19(23)22(26)28-2/h3-10,19H,11-14H2,1-2H3/t19-/m0/s1. The Labute approximate surface area is 174 Å². The third-order valence-corrected chi connectivity index (χ3v) is 4.81. The number of esters is 2. The number of hydrogen-bond acceptors (Lipinski definition) is 7. The van der Waals surface area contributed by atoms with E-state index in [9.17, 15) is 14.4 Å². The van der Waals surface area contributed by atoms with E-state index in [1.54, 1.807) is 31.4 Å². The Morgan fingerprint density at radius 3 is 2.27 bits per heavy atom. The van der Waals surface area contributed by atoms with Crippen molar-refractivity contribution in [2.24, 2.45) is 0 Å². The van der Waals surface area contributed by atoms with E-state index in [-0.39, 0.29) is 13.2 Å². The molecule has 2 aromatic carbocycles. The van der Waals surface area contributed by atoms with Crippen LogP contribution in [0, 0.1) is 0 Å². The van der Waals surface area contributed by atoms with Crippen molar-refractivity contribution in [2.75, 3.05) is 27.4 Å². The SMILES string of the molecule is COC(=O)[C@@H]1Cc2ccccc2CN1C(=O)COC(=O)COc1ccc(OC)cc1. The zero-order chi connectivity index (χ0) is 21.5. The van der Waals surface area contributed by atoms with E-state index in [0.717, 1.165) is 11.1 Å². The lowest BCUT2D eigenvalue weighted by molar-refractivity contribution is -0.160. The van der Waals surface area contributed by atoms with Crippen LogP contribution in [0.15, 0.2) is 48.5 Å². The molecule has 3 rings (SSSR count). The monoisotopic (exact) mass is 413 g/mol. The first-order valence-electron chi connectivity index (χ1n) is 9.38. The minimum atomic E-state index is -0.758. The third kappa shape index (κ3) is 5.08. The van der Waals surface area contributed by atoms with Gasteiger partial charge in [0, 0.05) is 13.0 Å². The number of methoxy groups -OCH3 is 2. The summed E-state index contributed by atoms with van der Waals surface area (Å²) in [5, 5.41) is 0. The summed E-state index contributed by atoms with van der Waals surface area (Å²) < 4.78 is 20.3. The lowest BCUT2D eigenvalue weighted by Crippen LogP contribution is -2.50. The van der Waals surface area contributed by atoms with Crippen LogP contribution in [0.1, 0.15) is 11.1 Å². The number of rotatable bonds is 7. The lowest BCUT2D eigenvalue weighted by Gasteiger charge is -2.35. The maximum absolute atomic E-state index is 12.7. The van der Waals surface area contributed by atoms with Crippen molar-refractivity contribution in [2.45, 2.75) is 19.0 Å². The van der Waals surface area contributed by atoms with Gasteiger partial charge in [0.2, 0.25) is 0 Å². The zero-order valence-electron chi connectivity index (χ0n) is 16.8. The smallest absolute Gasteiger partial charge is 0.344 e. The lowest BCUT2D eigenvalue weighted by atomic mass is 9.94. The van der Waals surface area contributed by atoms with E-state index in [0.29, 0.717) is 17.9 Å². The summed E-state index contributed by atoms with van der Waals surface area (Å²) in [6.45, 7) is -0.585. The number of nitrogens with zero attached hydrogens (tertiary/aromatic N) is 1. The average molecular weight is 413 g/mol. The van der Waals surface area contributed by atoms with Crippen LogP contribution in [0.2, 0.25) is 0 Å². The number of fused-ring (bicyclic) bond motifs is 1. The maximum Gasteiger partial charge on any atom is 0.344 e. The molecule has 8 nitrogen and oxygen atoms in total. The Kier molecular flexibility index (Phi) is 6.90. The predicted octanol–water partition coefficient (Wildman–Crippen LogP) is 1.74. The Hall–Kier alpha value is -3.55. The molecular weight excluding hydrogens is 390 g/mol. The molecule has 0 saturated carbocycles. The molecule has 158 valence electrons. The minimum absolute atomic E-state index is 0.245. The molecule has 0 saturated heterocycles. The van der Waals surface area contributed by atoms with Crippen molar-refractivity contribution >= 4 is 17.8 Å². The highest BCUT2D eigenvalue weighted by Gasteiger charge is 2.35. The molecule has 2 aromatic rings. The van der Waals surface area contributed by atoms with Gasteiger partial charge in [0.25, 0.3) is 5.91 Å². The van der Waals surface area contributed by atoms with Gasteiger partial charge in [0.1, 0.15) is 17.5 Å². The molecule has 0 radical (unpaired) electrons. The molecule has 0 unspecified atom stereocenters. The molecule has 1 heterocycles. The van der Waals surface area contributed by atoms with Gasteiger partial charge >= 0.3 is 11.9 Å². The van der Waals surface area contributed by atoms with Crippen molar-refractivity contribution < 1.29 is 33.3 Å². The second-order valence-electron chi connectivity index (χ2n) is 6.66. The van der Waals surface area contributed by atoms with Gasteiger partial charge in [0.15, 0.2) is 13.2 Å². The summed E-state index contributed by atoms with van der Waals surface area (Å²) in [4.78, 5) is 38.2. The van der Waals surface area contributed by atoms with Crippen molar-refractivity contribution in [3.63, 3.8) is 0 Å². The molecule has 0 aliphatic carbocycles. The molecule has 30 heavy (non-hydrogen) atoms. The van der Waals surface area contributed by atoms with Gasteiger partial charge in [0.05, 0.1) is 14.2 Å². The Balaban J connectivity index is 1.55. The van der Waals surface area contributed by atoms with Crippen LogP contribution in [0.5, 0.6) is 11.5 Å². The van der Waals surface area contributed by atoms with Gasteiger partial charge in [-0.2, -0.15) is 0 Å². The van der Waals surface area contributed by atoms with Crippen molar-refractivity contribution in [3.8, 4) is 11.5 Å². The first kappa shape index (κ1) is 21.2. The van der Waals surface area contributed by atoms with Gasteiger partial charge in [-0.3, -0.25) is 4.79 Å². The summed E-state index contributed by atoms with van der Waals surface area (Å²) in [5.74, 6) is -0.535. The zero-order valence-corrected chi connectivity index (χ0v) is 16.8. The molecule has 1 aliphatic heterocycles. The normalized spacial score (nSPS) is 15.0. The molecule has 0 N–H and O–H groups in total.